The van der Waals surface area contributed by atoms with Crippen LogP contribution < -0.4 is 0 Å². The number of phenolic OH excluding ortho intramolecular Hbond substituents is 1. The van der Waals surface area contributed by atoms with Crippen molar-refractivity contribution in [1.82, 2.24) is 4.90 Å². The smallest absolute Gasteiger partial charge is 0.116 e. The van der Waals surface area contributed by atoms with Gasteiger partial charge in [0.05, 0.1) is 13.2 Å². The van der Waals surface area contributed by atoms with Crippen LogP contribution in [0.25, 0.3) is 0 Å². The molecule has 0 saturated carbocycles. The Kier molecular flexibility index (Phi) is 5.63. The standard InChI is InChI=1S/C14H19ClN2O2/c15-14-3-2-13(18)10-12(14)11-16-4-1-5-17-6-8-19-9-7-17/h2-3,10-11,18H,1,4-9H2. The Morgan fingerprint density at radius 2 is 2.16 bits per heavy atom. The molecular weight excluding hydrogens is 264 g/mol. The molecule has 2 rings (SSSR count). The number of aromatic hydroxyl groups is 1. The molecule has 0 amide bonds. The van der Waals surface area contributed by atoms with E-state index in [0.717, 1.165) is 51.4 Å². The first-order valence-electron chi connectivity index (χ1n) is 6.54. The number of morpholine rings is 1. The van der Waals surface area contributed by atoms with E-state index in [0.29, 0.717) is 5.02 Å². The van der Waals surface area contributed by atoms with Gasteiger partial charge in [0.25, 0.3) is 0 Å². The summed E-state index contributed by atoms with van der Waals surface area (Å²) >= 11 is 6.01. The summed E-state index contributed by atoms with van der Waals surface area (Å²) in [7, 11) is 0. The molecule has 0 radical (unpaired) electrons. The molecule has 1 N–H and O–H groups in total. The molecule has 1 aliphatic rings. The van der Waals surface area contributed by atoms with Gasteiger partial charge in [0.2, 0.25) is 0 Å². The zero-order valence-corrected chi connectivity index (χ0v) is 11.6. The van der Waals surface area contributed by atoms with Gasteiger partial charge in [-0.2, -0.15) is 0 Å². The molecular formula is C14H19ClN2O2. The number of aliphatic imine (C=N–C) groups is 1. The highest BCUT2D eigenvalue weighted by Gasteiger charge is 2.08. The molecule has 0 spiro atoms. The average Bonchev–Trinajstić information content (AvgIpc) is 2.43. The van der Waals surface area contributed by atoms with Crippen LogP contribution in [0, 0.1) is 0 Å². The summed E-state index contributed by atoms with van der Waals surface area (Å²) in [6.45, 7) is 5.52. The van der Waals surface area contributed by atoms with Crippen LogP contribution in [0.1, 0.15) is 12.0 Å². The Hall–Kier alpha value is -1.10. The second kappa shape index (κ2) is 7.48. The highest BCUT2D eigenvalue weighted by atomic mass is 35.5. The van der Waals surface area contributed by atoms with Crippen molar-refractivity contribution in [2.45, 2.75) is 6.42 Å². The monoisotopic (exact) mass is 282 g/mol. The zero-order chi connectivity index (χ0) is 13.5. The summed E-state index contributed by atoms with van der Waals surface area (Å²) in [5.41, 5.74) is 0.757. The summed E-state index contributed by atoms with van der Waals surface area (Å²) in [6, 6.07) is 4.86. The van der Waals surface area contributed by atoms with Gasteiger partial charge < -0.3 is 9.84 Å². The van der Waals surface area contributed by atoms with Crippen LogP contribution in [-0.4, -0.2) is 55.6 Å². The minimum atomic E-state index is 0.208. The average molecular weight is 283 g/mol. The molecule has 1 aromatic rings. The Balaban J connectivity index is 1.72. The van der Waals surface area contributed by atoms with Crippen molar-refractivity contribution in [3.05, 3.63) is 28.8 Å². The highest BCUT2D eigenvalue weighted by molar-refractivity contribution is 6.33. The van der Waals surface area contributed by atoms with E-state index in [4.69, 9.17) is 16.3 Å². The van der Waals surface area contributed by atoms with E-state index >= 15 is 0 Å². The molecule has 19 heavy (non-hydrogen) atoms. The molecule has 1 fully saturated rings. The molecule has 1 aromatic carbocycles. The largest absolute Gasteiger partial charge is 0.508 e. The van der Waals surface area contributed by atoms with Gasteiger partial charge in [-0.25, -0.2) is 0 Å². The topological polar surface area (TPSA) is 45.1 Å². The van der Waals surface area contributed by atoms with E-state index in [2.05, 4.69) is 9.89 Å². The van der Waals surface area contributed by atoms with E-state index in [9.17, 15) is 5.11 Å². The summed E-state index contributed by atoms with van der Waals surface area (Å²) in [5, 5.41) is 9.98. The summed E-state index contributed by atoms with van der Waals surface area (Å²) in [6.07, 6.45) is 2.74. The van der Waals surface area contributed by atoms with Gasteiger partial charge in [0.1, 0.15) is 5.75 Å². The van der Waals surface area contributed by atoms with Crippen molar-refractivity contribution in [3.8, 4) is 5.75 Å². The van der Waals surface area contributed by atoms with Gasteiger partial charge in [0.15, 0.2) is 0 Å². The lowest BCUT2D eigenvalue weighted by atomic mass is 10.2. The lowest BCUT2D eigenvalue weighted by Gasteiger charge is -2.26. The third-order valence-electron chi connectivity index (χ3n) is 3.08. The van der Waals surface area contributed by atoms with Gasteiger partial charge >= 0.3 is 0 Å². The van der Waals surface area contributed by atoms with Crippen molar-refractivity contribution >= 4 is 17.8 Å². The van der Waals surface area contributed by atoms with Crippen molar-refractivity contribution in [2.24, 2.45) is 4.99 Å². The summed E-state index contributed by atoms with van der Waals surface area (Å²) in [5.74, 6) is 0.208. The van der Waals surface area contributed by atoms with E-state index in [1.807, 2.05) is 0 Å². The second-order valence-corrected chi connectivity index (χ2v) is 4.96. The van der Waals surface area contributed by atoms with Crippen LogP contribution in [0.4, 0.5) is 0 Å². The number of hydrogen-bond acceptors (Lipinski definition) is 4. The number of phenols is 1. The number of hydrogen-bond donors (Lipinski definition) is 1. The number of halogens is 1. The SMILES string of the molecule is Oc1ccc(Cl)c(C=NCCCN2CCOCC2)c1. The Morgan fingerprint density at radius 1 is 1.37 bits per heavy atom. The predicted octanol–water partition coefficient (Wildman–Crippen LogP) is 2.19. The molecule has 4 nitrogen and oxygen atoms in total. The van der Waals surface area contributed by atoms with E-state index < -0.39 is 0 Å². The number of benzene rings is 1. The Labute approximate surface area is 118 Å². The van der Waals surface area contributed by atoms with Crippen molar-refractivity contribution in [3.63, 3.8) is 0 Å². The second-order valence-electron chi connectivity index (χ2n) is 4.55. The van der Waals surface area contributed by atoms with Gasteiger partial charge in [-0.3, -0.25) is 9.89 Å². The Morgan fingerprint density at radius 3 is 2.95 bits per heavy atom. The first-order chi connectivity index (χ1) is 9.25. The van der Waals surface area contributed by atoms with Crippen molar-refractivity contribution in [2.75, 3.05) is 39.4 Å². The maximum atomic E-state index is 9.37. The van der Waals surface area contributed by atoms with Crippen molar-refractivity contribution in [1.29, 1.82) is 0 Å². The first-order valence-corrected chi connectivity index (χ1v) is 6.92. The summed E-state index contributed by atoms with van der Waals surface area (Å²) in [4.78, 5) is 6.74. The van der Waals surface area contributed by atoms with Crippen LogP contribution in [0.5, 0.6) is 5.75 Å². The Bertz CT molecular complexity index is 431. The maximum absolute atomic E-state index is 9.37. The highest BCUT2D eigenvalue weighted by Crippen LogP contribution is 2.19. The van der Waals surface area contributed by atoms with E-state index in [-0.39, 0.29) is 5.75 Å². The molecule has 1 aliphatic heterocycles. The minimum Gasteiger partial charge on any atom is -0.508 e. The molecule has 0 bridgehead atoms. The lowest BCUT2D eigenvalue weighted by Crippen LogP contribution is -2.37. The number of rotatable bonds is 5. The fourth-order valence-corrected chi connectivity index (χ4v) is 2.17. The van der Waals surface area contributed by atoms with Gasteiger partial charge in [-0.15, -0.1) is 0 Å². The lowest BCUT2D eigenvalue weighted by molar-refractivity contribution is 0.0377. The zero-order valence-electron chi connectivity index (χ0n) is 10.9. The predicted molar refractivity (Wildman–Crippen MR) is 77.5 cm³/mol. The number of nitrogens with zero attached hydrogens (tertiary/aromatic N) is 2. The van der Waals surface area contributed by atoms with E-state index in [1.54, 1.807) is 24.4 Å². The fraction of sp³-hybridized carbons (Fsp3) is 0.500. The molecule has 0 aromatic heterocycles. The van der Waals surface area contributed by atoms with Gasteiger partial charge in [0, 0.05) is 43.0 Å². The summed E-state index contributed by atoms with van der Waals surface area (Å²) < 4.78 is 5.30. The van der Waals surface area contributed by atoms with Gasteiger partial charge in [-0.1, -0.05) is 11.6 Å². The number of ether oxygens (including phenoxy) is 1. The normalized spacial score (nSPS) is 17.1. The van der Waals surface area contributed by atoms with Gasteiger partial charge in [-0.05, 0) is 24.6 Å². The van der Waals surface area contributed by atoms with Crippen LogP contribution in [0.3, 0.4) is 0 Å². The third kappa shape index (κ3) is 4.82. The molecule has 1 heterocycles. The molecule has 0 unspecified atom stereocenters. The van der Waals surface area contributed by atoms with E-state index in [1.165, 1.54) is 0 Å². The van der Waals surface area contributed by atoms with Crippen LogP contribution >= 0.6 is 11.6 Å². The third-order valence-corrected chi connectivity index (χ3v) is 3.42. The fourth-order valence-electron chi connectivity index (χ4n) is 2.00. The minimum absolute atomic E-state index is 0.208. The molecule has 1 saturated heterocycles. The van der Waals surface area contributed by atoms with Crippen LogP contribution in [0.2, 0.25) is 5.02 Å². The quantitative estimate of drug-likeness (QED) is 0.665. The van der Waals surface area contributed by atoms with Crippen LogP contribution in [-0.2, 0) is 4.74 Å². The van der Waals surface area contributed by atoms with Crippen molar-refractivity contribution < 1.29 is 9.84 Å². The maximum Gasteiger partial charge on any atom is 0.116 e. The van der Waals surface area contributed by atoms with Crippen LogP contribution in [0.15, 0.2) is 23.2 Å². The molecule has 5 heteroatoms. The molecule has 104 valence electrons. The molecule has 0 aliphatic carbocycles. The first kappa shape index (κ1) is 14.3. The molecule has 0 atom stereocenters.